The van der Waals surface area contributed by atoms with Gasteiger partial charge in [-0.2, -0.15) is 0 Å². The number of benzene rings is 2. The highest BCUT2D eigenvalue weighted by Gasteiger charge is 2.46. The van der Waals surface area contributed by atoms with Crippen LogP contribution in [0.3, 0.4) is 0 Å². The topological polar surface area (TPSA) is 88.0 Å². The summed E-state index contributed by atoms with van der Waals surface area (Å²) < 4.78 is 51.0. The zero-order chi connectivity index (χ0) is 25.1. The number of nitrogens with zero attached hydrogens (tertiary/aromatic N) is 1. The molecule has 0 saturated carbocycles. The summed E-state index contributed by atoms with van der Waals surface area (Å²) in [6.45, 7) is 5.16. The van der Waals surface area contributed by atoms with Crippen molar-refractivity contribution in [3.05, 3.63) is 77.1 Å². The summed E-state index contributed by atoms with van der Waals surface area (Å²) >= 11 is 0. The van der Waals surface area contributed by atoms with Crippen molar-refractivity contribution >= 4 is 21.5 Å². The molecule has 4 rings (SSSR count). The number of rotatable bonds is 8. The standard InChI is InChI=1S/C27H33FN2O4S/c1-27(2)25(17-19-7-9-20(10-8-19)21-11-14-29-15-12-21)35(32,33)30-26(34-27)18-22(13-16-31)23-5-3-4-6-24(23)28/h3-11,22,25,29,31H,12-18H2,1-2H3/t22-,25?/m1/s1. The highest BCUT2D eigenvalue weighted by Crippen LogP contribution is 2.35. The quantitative estimate of drug-likeness (QED) is 0.567. The van der Waals surface area contributed by atoms with Gasteiger partial charge in [-0.3, -0.25) is 0 Å². The summed E-state index contributed by atoms with van der Waals surface area (Å²) in [7, 11) is -3.87. The second-order valence-electron chi connectivity index (χ2n) is 9.71. The Hall–Kier alpha value is -2.55. The van der Waals surface area contributed by atoms with E-state index in [9.17, 15) is 17.9 Å². The fraction of sp³-hybridized carbons (Fsp3) is 0.444. The number of sulfonamides is 1. The molecule has 6 nitrogen and oxygen atoms in total. The van der Waals surface area contributed by atoms with Crippen molar-refractivity contribution in [3.63, 3.8) is 0 Å². The van der Waals surface area contributed by atoms with E-state index in [0.29, 0.717) is 5.56 Å². The van der Waals surface area contributed by atoms with E-state index in [2.05, 4.69) is 15.8 Å². The summed E-state index contributed by atoms with van der Waals surface area (Å²) in [6, 6.07) is 14.3. The molecule has 0 aliphatic carbocycles. The summed E-state index contributed by atoms with van der Waals surface area (Å²) in [5.41, 5.74) is 2.74. The normalized spacial score (nSPS) is 22.0. The Morgan fingerprint density at radius 1 is 1.20 bits per heavy atom. The van der Waals surface area contributed by atoms with Crippen LogP contribution in [0.1, 0.15) is 55.7 Å². The van der Waals surface area contributed by atoms with E-state index in [4.69, 9.17) is 4.74 Å². The highest BCUT2D eigenvalue weighted by atomic mass is 32.2. The van der Waals surface area contributed by atoms with Crippen LogP contribution in [0.25, 0.3) is 5.57 Å². The third-order valence-corrected chi connectivity index (χ3v) is 8.71. The average molecular weight is 501 g/mol. The highest BCUT2D eigenvalue weighted by molar-refractivity contribution is 7.91. The molecular formula is C27H33FN2O4S. The van der Waals surface area contributed by atoms with E-state index in [1.165, 1.54) is 11.6 Å². The van der Waals surface area contributed by atoms with Crippen LogP contribution < -0.4 is 5.32 Å². The largest absolute Gasteiger partial charge is 0.473 e. The first kappa shape index (κ1) is 25.5. The first-order valence-electron chi connectivity index (χ1n) is 12.1. The molecule has 2 N–H and O–H groups in total. The molecule has 1 unspecified atom stereocenters. The van der Waals surface area contributed by atoms with Crippen LogP contribution in [0.5, 0.6) is 0 Å². The fourth-order valence-corrected chi connectivity index (χ4v) is 6.57. The summed E-state index contributed by atoms with van der Waals surface area (Å²) in [6.07, 6.45) is 3.80. The smallest absolute Gasteiger partial charge is 0.263 e. The van der Waals surface area contributed by atoms with Gasteiger partial charge < -0.3 is 15.2 Å². The van der Waals surface area contributed by atoms with Gasteiger partial charge in [0.05, 0.1) is 0 Å². The number of hydrogen-bond donors (Lipinski definition) is 2. The van der Waals surface area contributed by atoms with E-state index in [1.54, 1.807) is 32.0 Å². The van der Waals surface area contributed by atoms with Crippen LogP contribution in [0, 0.1) is 5.82 Å². The van der Waals surface area contributed by atoms with Crippen molar-refractivity contribution in [1.82, 2.24) is 5.32 Å². The molecule has 2 aliphatic rings. The predicted molar refractivity (Wildman–Crippen MR) is 136 cm³/mol. The van der Waals surface area contributed by atoms with E-state index in [-0.39, 0.29) is 31.8 Å². The van der Waals surface area contributed by atoms with Crippen LogP contribution in [0.15, 0.2) is 59.0 Å². The molecule has 0 fully saturated rings. The molecule has 0 spiro atoms. The van der Waals surface area contributed by atoms with Gasteiger partial charge in [-0.1, -0.05) is 48.5 Å². The number of hydrogen-bond acceptors (Lipinski definition) is 5. The first-order valence-corrected chi connectivity index (χ1v) is 13.6. The van der Waals surface area contributed by atoms with E-state index < -0.39 is 32.6 Å². The molecule has 2 atom stereocenters. The van der Waals surface area contributed by atoms with Crippen LogP contribution >= 0.6 is 0 Å². The molecule has 188 valence electrons. The second-order valence-corrected chi connectivity index (χ2v) is 11.5. The van der Waals surface area contributed by atoms with Crippen molar-refractivity contribution in [2.24, 2.45) is 4.40 Å². The van der Waals surface area contributed by atoms with Gasteiger partial charge in [0.15, 0.2) is 0 Å². The molecule has 0 amide bonds. The second kappa shape index (κ2) is 10.6. The van der Waals surface area contributed by atoms with Gasteiger partial charge in [0, 0.05) is 19.6 Å². The minimum Gasteiger partial charge on any atom is -0.473 e. The molecule has 2 heterocycles. The first-order chi connectivity index (χ1) is 16.7. The Labute approximate surface area is 207 Å². The zero-order valence-electron chi connectivity index (χ0n) is 20.2. The molecule has 2 aliphatic heterocycles. The lowest BCUT2D eigenvalue weighted by atomic mass is 9.91. The van der Waals surface area contributed by atoms with Crippen LogP contribution in [0.4, 0.5) is 4.39 Å². The lowest BCUT2D eigenvalue weighted by Crippen LogP contribution is -2.50. The maximum absolute atomic E-state index is 14.4. The third-order valence-electron chi connectivity index (χ3n) is 6.80. The molecule has 0 saturated heterocycles. The molecule has 2 aromatic rings. The Balaban J connectivity index is 1.53. The lowest BCUT2D eigenvalue weighted by Gasteiger charge is -2.38. The van der Waals surface area contributed by atoms with Gasteiger partial charge in [-0.25, -0.2) is 12.8 Å². The Bertz CT molecular complexity index is 1210. The van der Waals surface area contributed by atoms with E-state index >= 15 is 0 Å². The van der Waals surface area contributed by atoms with Crippen LogP contribution in [0.2, 0.25) is 0 Å². The van der Waals surface area contributed by atoms with Gasteiger partial charge in [0.2, 0.25) is 5.90 Å². The fourth-order valence-electron chi connectivity index (χ4n) is 4.88. The lowest BCUT2D eigenvalue weighted by molar-refractivity contribution is 0.0797. The van der Waals surface area contributed by atoms with Crippen molar-refractivity contribution in [2.45, 2.75) is 56.3 Å². The molecule has 2 aromatic carbocycles. The SMILES string of the molecule is CC1(C)OC(C[C@@H](CCO)c2ccccc2F)=NS(=O)(=O)C1Cc1ccc(C2=CCNCC2)cc1. The maximum atomic E-state index is 14.4. The molecule has 0 radical (unpaired) electrons. The van der Waals surface area contributed by atoms with Crippen molar-refractivity contribution in [3.8, 4) is 0 Å². The molecule has 0 aromatic heterocycles. The number of ether oxygens (including phenoxy) is 1. The van der Waals surface area contributed by atoms with Crippen molar-refractivity contribution < 1.29 is 22.7 Å². The number of aliphatic hydroxyl groups excluding tert-OH is 1. The van der Waals surface area contributed by atoms with Crippen LogP contribution in [-0.4, -0.2) is 50.0 Å². The van der Waals surface area contributed by atoms with Gasteiger partial charge in [-0.05, 0) is 73.9 Å². The summed E-state index contributed by atoms with van der Waals surface area (Å²) in [4.78, 5) is 0. The average Bonchev–Trinajstić information content (AvgIpc) is 2.82. The summed E-state index contributed by atoms with van der Waals surface area (Å²) in [5.74, 6) is -0.786. The van der Waals surface area contributed by atoms with E-state index in [0.717, 1.165) is 30.6 Å². The Morgan fingerprint density at radius 2 is 1.94 bits per heavy atom. The van der Waals surface area contributed by atoms with Gasteiger partial charge in [-0.15, -0.1) is 4.40 Å². The monoisotopic (exact) mass is 500 g/mol. The van der Waals surface area contributed by atoms with Gasteiger partial charge >= 0.3 is 0 Å². The molecule has 0 bridgehead atoms. The molecular weight excluding hydrogens is 467 g/mol. The van der Waals surface area contributed by atoms with Gasteiger partial charge in [0.1, 0.15) is 16.7 Å². The maximum Gasteiger partial charge on any atom is 0.263 e. The molecule has 8 heteroatoms. The molecule has 35 heavy (non-hydrogen) atoms. The number of aliphatic hydroxyl groups is 1. The third kappa shape index (κ3) is 6.00. The predicted octanol–water partition coefficient (Wildman–Crippen LogP) is 4.21. The van der Waals surface area contributed by atoms with Gasteiger partial charge in [0.25, 0.3) is 10.0 Å². The number of nitrogens with one attached hydrogen (secondary N) is 1. The minimum atomic E-state index is -3.87. The Morgan fingerprint density at radius 3 is 2.57 bits per heavy atom. The van der Waals surface area contributed by atoms with E-state index in [1.807, 2.05) is 24.3 Å². The minimum absolute atomic E-state index is 0.0566. The summed E-state index contributed by atoms with van der Waals surface area (Å²) in [5, 5.41) is 12.0. The van der Waals surface area contributed by atoms with Crippen LogP contribution in [-0.2, 0) is 21.2 Å². The van der Waals surface area contributed by atoms with Crippen molar-refractivity contribution in [2.75, 3.05) is 19.7 Å². The van der Waals surface area contributed by atoms with Crippen molar-refractivity contribution in [1.29, 1.82) is 0 Å². The zero-order valence-corrected chi connectivity index (χ0v) is 21.0. The Kier molecular flexibility index (Phi) is 7.73. The number of halogens is 1.